The summed E-state index contributed by atoms with van der Waals surface area (Å²) in [6.45, 7) is 1.65. The van der Waals surface area contributed by atoms with Crippen molar-refractivity contribution in [2.45, 2.75) is 6.92 Å². The summed E-state index contributed by atoms with van der Waals surface area (Å²) in [6, 6.07) is 3.32. The number of ether oxygens (including phenoxy) is 1. The van der Waals surface area contributed by atoms with E-state index in [1.807, 2.05) is 0 Å². The molecule has 0 fully saturated rings. The van der Waals surface area contributed by atoms with E-state index in [-0.39, 0.29) is 6.61 Å². The Hall–Kier alpha value is -2.31. The van der Waals surface area contributed by atoms with E-state index in [1.54, 1.807) is 6.92 Å². The standard InChI is InChI=1S/C11H10F2N2O3/c1-2-18-11(17)9(6-16)15-14-8-5-3-4-7(12)10(8)13/h3-6,16H,2H2,1H3/b9-6+,15-14?. The minimum atomic E-state index is -1.19. The number of carbonyl (C=O) groups is 1. The molecule has 0 aliphatic rings. The summed E-state index contributed by atoms with van der Waals surface area (Å²) in [4.78, 5) is 11.2. The number of carbonyl (C=O) groups excluding carboxylic acids is 1. The molecule has 1 N–H and O–H groups in total. The number of nitrogens with zero attached hydrogens (tertiary/aromatic N) is 2. The summed E-state index contributed by atoms with van der Waals surface area (Å²) in [5.74, 6) is -3.19. The van der Waals surface area contributed by atoms with E-state index < -0.39 is 29.0 Å². The lowest BCUT2D eigenvalue weighted by Crippen LogP contribution is -2.05. The number of hydrogen-bond donors (Lipinski definition) is 1. The molecule has 96 valence electrons. The fourth-order valence-corrected chi connectivity index (χ4v) is 1.00. The first-order chi connectivity index (χ1) is 8.60. The molecule has 0 aliphatic carbocycles. The molecule has 0 heterocycles. The number of benzene rings is 1. The van der Waals surface area contributed by atoms with Gasteiger partial charge in [-0.25, -0.2) is 13.6 Å². The van der Waals surface area contributed by atoms with Crippen LogP contribution in [0.3, 0.4) is 0 Å². The van der Waals surface area contributed by atoms with E-state index in [9.17, 15) is 13.6 Å². The van der Waals surface area contributed by atoms with Gasteiger partial charge in [0.05, 0.1) is 6.61 Å². The highest BCUT2D eigenvalue weighted by atomic mass is 19.2. The van der Waals surface area contributed by atoms with Crippen LogP contribution < -0.4 is 0 Å². The number of aliphatic hydroxyl groups excluding tert-OH is 1. The van der Waals surface area contributed by atoms with Crippen LogP contribution in [0.2, 0.25) is 0 Å². The topological polar surface area (TPSA) is 71.2 Å². The molecule has 5 nitrogen and oxygen atoms in total. The summed E-state index contributed by atoms with van der Waals surface area (Å²) in [5.41, 5.74) is -0.904. The summed E-state index contributed by atoms with van der Waals surface area (Å²) in [5, 5.41) is 15.4. The molecule has 18 heavy (non-hydrogen) atoms. The molecular formula is C11H10F2N2O3. The molecule has 0 saturated carbocycles. The lowest BCUT2D eigenvalue weighted by atomic mass is 10.3. The Bertz CT molecular complexity index is 501. The van der Waals surface area contributed by atoms with Crippen molar-refractivity contribution in [2.75, 3.05) is 6.61 Å². The summed E-state index contributed by atoms with van der Waals surface area (Å²) >= 11 is 0. The maximum Gasteiger partial charge on any atom is 0.362 e. The van der Waals surface area contributed by atoms with Crippen molar-refractivity contribution < 1.29 is 23.4 Å². The molecule has 0 spiro atoms. The van der Waals surface area contributed by atoms with Crippen molar-refractivity contribution in [3.8, 4) is 0 Å². The summed E-state index contributed by atoms with van der Waals surface area (Å²) in [7, 11) is 0. The van der Waals surface area contributed by atoms with Gasteiger partial charge in [-0.05, 0) is 19.1 Å². The molecule has 0 unspecified atom stereocenters. The van der Waals surface area contributed by atoms with Gasteiger partial charge in [0, 0.05) is 0 Å². The lowest BCUT2D eigenvalue weighted by Gasteiger charge is -2.00. The van der Waals surface area contributed by atoms with Gasteiger partial charge in [-0.1, -0.05) is 6.07 Å². The largest absolute Gasteiger partial charge is 0.513 e. The first-order valence-corrected chi connectivity index (χ1v) is 4.97. The number of aliphatic hydroxyl groups is 1. The van der Waals surface area contributed by atoms with E-state index >= 15 is 0 Å². The second-order valence-corrected chi connectivity index (χ2v) is 3.01. The minimum absolute atomic E-state index is 0.0834. The quantitative estimate of drug-likeness (QED) is 0.389. The maximum atomic E-state index is 13.2. The fraction of sp³-hybridized carbons (Fsp3) is 0.182. The molecule has 0 amide bonds. The minimum Gasteiger partial charge on any atom is -0.513 e. The van der Waals surface area contributed by atoms with Crippen LogP contribution in [0, 0.1) is 11.6 Å². The van der Waals surface area contributed by atoms with Gasteiger partial charge in [0.15, 0.2) is 11.6 Å². The molecule has 7 heteroatoms. The van der Waals surface area contributed by atoms with E-state index in [0.29, 0.717) is 6.26 Å². The average molecular weight is 256 g/mol. The monoisotopic (exact) mass is 256 g/mol. The van der Waals surface area contributed by atoms with Crippen LogP contribution in [0.1, 0.15) is 6.92 Å². The Morgan fingerprint density at radius 2 is 2.22 bits per heavy atom. The summed E-state index contributed by atoms with van der Waals surface area (Å²) in [6.07, 6.45) is 0.374. The van der Waals surface area contributed by atoms with Gasteiger partial charge in [-0.3, -0.25) is 0 Å². The van der Waals surface area contributed by atoms with Crippen molar-refractivity contribution in [2.24, 2.45) is 10.2 Å². The molecule has 0 atom stereocenters. The zero-order valence-corrected chi connectivity index (χ0v) is 9.43. The van der Waals surface area contributed by atoms with Crippen molar-refractivity contribution in [1.29, 1.82) is 0 Å². The van der Waals surface area contributed by atoms with E-state index in [0.717, 1.165) is 6.07 Å². The van der Waals surface area contributed by atoms with Gasteiger partial charge in [0.25, 0.3) is 0 Å². The smallest absolute Gasteiger partial charge is 0.362 e. The van der Waals surface area contributed by atoms with Crippen LogP contribution in [0.25, 0.3) is 0 Å². The predicted molar refractivity (Wildman–Crippen MR) is 58.2 cm³/mol. The van der Waals surface area contributed by atoms with E-state index in [1.165, 1.54) is 12.1 Å². The van der Waals surface area contributed by atoms with Crippen LogP contribution >= 0.6 is 0 Å². The SMILES string of the molecule is CCOC(=O)/C(=C\O)N=Nc1cccc(F)c1F. The third kappa shape index (κ3) is 3.34. The average Bonchev–Trinajstić information content (AvgIpc) is 2.35. The zero-order chi connectivity index (χ0) is 13.5. The van der Waals surface area contributed by atoms with Gasteiger partial charge in [0.1, 0.15) is 11.9 Å². The molecule has 1 aromatic carbocycles. The van der Waals surface area contributed by atoms with Gasteiger partial charge in [-0.2, -0.15) is 0 Å². The highest BCUT2D eigenvalue weighted by Gasteiger charge is 2.11. The van der Waals surface area contributed by atoms with Crippen LogP contribution in [0.4, 0.5) is 14.5 Å². The number of azo groups is 1. The third-order valence-corrected chi connectivity index (χ3v) is 1.80. The highest BCUT2D eigenvalue weighted by molar-refractivity contribution is 5.87. The first kappa shape index (κ1) is 13.8. The number of hydrogen-bond acceptors (Lipinski definition) is 5. The van der Waals surface area contributed by atoms with Crippen LogP contribution in [-0.2, 0) is 9.53 Å². The van der Waals surface area contributed by atoms with Crippen molar-refractivity contribution in [3.05, 3.63) is 41.8 Å². The summed E-state index contributed by atoms with van der Waals surface area (Å²) < 4.78 is 30.6. The normalized spacial score (nSPS) is 11.8. The van der Waals surface area contributed by atoms with Crippen molar-refractivity contribution in [3.63, 3.8) is 0 Å². The Balaban J connectivity index is 2.92. The Kier molecular flexibility index (Phi) is 4.91. The third-order valence-electron chi connectivity index (χ3n) is 1.80. The van der Waals surface area contributed by atoms with E-state index in [2.05, 4.69) is 15.0 Å². The second-order valence-electron chi connectivity index (χ2n) is 3.01. The fourth-order valence-electron chi connectivity index (χ4n) is 1.00. The molecule has 0 aliphatic heterocycles. The van der Waals surface area contributed by atoms with Gasteiger partial charge >= 0.3 is 5.97 Å². The molecule has 0 bridgehead atoms. The van der Waals surface area contributed by atoms with Crippen LogP contribution in [0.5, 0.6) is 0 Å². The number of halogens is 2. The van der Waals surface area contributed by atoms with Gasteiger partial charge < -0.3 is 9.84 Å². The Morgan fingerprint density at radius 3 is 2.83 bits per heavy atom. The molecule has 1 rings (SSSR count). The van der Waals surface area contributed by atoms with Gasteiger partial charge in [0.2, 0.25) is 5.70 Å². The van der Waals surface area contributed by atoms with Crippen molar-refractivity contribution in [1.82, 2.24) is 0 Å². The molecule has 0 aromatic heterocycles. The lowest BCUT2D eigenvalue weighted by molar-refractivity contribution is -0.138. The number of esters is 1. The predicted octanol–water partition coefficient (Wildman–Crippen LogP) is 3.01. The molecule has 1 aromatic rings. The van der Waals surface area contributed by atoms with E-state index in [4.69, 9.17) is 5.11 Å². The van der Waals surface area contributed by atoms with Crippen LogP contribution in [-0.4, -0.2) is 17.7 Å². The maximum absolute atomic E-state index is 13.2. The Morgan fingerprint density at radius 1 is 1.50 bits per heavy atom. The highest BCUT2D eigenvalue weighted by Crippen LogP contribution is 2.21. The molecule has 0 radical (unpaired) electrons. The second kappa shape index (κ2) is 6.43. The zero-order valence-electron chi connectivity index (χ0n) is 9.43. The Labute approximate surface area is 101 Å². The van der Waals surface area contributed by atoms with Crippen molar-refractivity contribution >= 4 is 11.7 Å². The van der Waals surface area contributed by atoms with Crippen LogP contribution in [0.15, 0.2) is 40.4 Å². The molecule has 0 saturated heterocycles. The van der Waals surface area contributed by atoms with Gasteiger partial charge in [-0.15, -0.1) is 10.2 Å². The molecular weight excluding hydrogens is 246 g/mol. The number of rotatable bonds is 4. The first-order valence-electron chi connectivity index (χ1n) is 4.97.